The lowest BCUT2D eigenvalue weighted by Crippen LogP contribution is -2.13. The molecule has 19 heavy (non-hydrogen) atoms. The molecule has 0 bridgehead atoms. The van der Waals surface area contributed by atoms with Crippen LogP contribution in [0.25, 0.3) is 11.0 Å². The van der Waals surface area contributed by atoms with Crippen molar-refractivity contribution in [3.8, 4) is 0 Å². The van der Waals surface area contributed by atoms with Crippen LogP contribution in [0.2, 0.25) is 5.02 Å². The summed E-state index contributed by atoms with van der Waals surface area (Å²) < 4.78 is 7.69. The van der Waals surface area contributed by atoms with Gasteiger partial charge in [0.25, 0.3) is 0 Å². The van der Waals surface area contributed by atoms with Crippen LogP contribution in [-0.2, 0) is 11.3 Å². The summed E-state index contributed by atoms with van der Waals surface area (Å²) in [4.78, 5) is 4.57. The second kappa shape index (κ2) is 6.12. The highest BCUT2D eigenvalue weighted by Crippen LogP contribution is 2.26. The molecule has 3 nitrogen and oxygen atoms in total. The van der Waals surface area contributed by atoms with E-state index in [1.807, 2.05) is 39.0 Å². The number of hydrogen-bond donors (Lipinski definition) is 0. The van der Waals surface area contributed by atoms with E-state index in [1.54, 1.807) is 0 Å². The molecule has 1 atom stereocenters. The number of fused-ring (bicyclic) bond motifs is 1. The van der Waals surface area contributed by atoms with Gasteiger partial charge in [0.2, 0.25) is 0 Å². The van der Waals surface area contributed by atoms with Gasteiger partial charge in [0.05, 0.1) is 29.1 Å². The molecule has 0 saturated heterocycles. The van der Waals surface area contributed by atoms with Crippen molar-refractivity contribution in [2.24, 2.45) is 0 Å². The molecular formula is C14H18Cl2N2O. The van der Waals surface area contributed by atoms with Gasteiger partial charge in [0, 0.05) is 11.6 Å². The molecule has 0 amide bonds. The lowest BCUT2D eigenvalue weighted by molar-refractivity contribution is 0.0729. The maximum Gasteiger partial charge on any atom is 0.127 e. The van der Waals surface area contributed by atoms with Gasteiger partial charge in [0.15, 0.2) is 0 Å². The van der Waals surface area contributed by atoms with Gasteiger partial charge in [-0.1, -0.05) is 11.6 Å². The van der Waals surface area contributed by atoms with Gasteiger partial charge < -0.3 is 9.30 Å². The summed E-state index contributed by atoms with van der Waals surface area (Å²) in [5.41, 5.74) is 1.92. The third-order valence-corrected chi connectivity index (χ3v) is 3.29. The Morgan fingerprint density at radius 3 is 2.68 bits per heavy atom. The second-order valence-electron chi connectivity index (χ2n) is 4.79. The average Bonchev–Trinajstić information content (AvgIpc) is 2.67. The van der Waals surface area contributed by atoms with E-state index < -0.39 is 0 Å². The molecule has 1 aromatic carbocycles. The molecule has 0 aliphatic heterocycles. The van der Waals surface area contributed by atoms with Crippen molar-refractivity contribution >= 4 is 34.2 Å². The molecule has 0 aliphatic carbocycles. The summed E-state index contributed by atoms with van der Waals surface area (Å²) in [6.07, 6.45) is 0.218. The predicted octanol–water partition coefficient (Wildman–Crippen LogP) is 4.41. The van der Waals surface area contributed by atoms with Gasteiger partial charge in [-0.25, -0.2) is 4.98 Å². The van der Waals surface area contributed by atoms with E-state index in [2.05, 4.69) is 9.55 Å². The molecule has 0 N–H and O–H groups in total. The Morgan fingerprint density at radius 1 is 1.32 bits per heavy atom. The fraction of sp³-hybridized carbons (Fsp3) is 0.500. The Morgan fingerprint density at radius 2 is 2.05 bits per heavy atom. The Bertz CT molecular complexity index is 564. The number of hydrogen-bond acceptors (Lipinski definition) is 2. The maximum absolute atomic E-state index is 6.20. The first-order chi connectivity index (χ1) is 8.99. The van der Waals surface area contributed by atoms with Crippen molar-refractivity contribution in [3.63, 3.8) is 0 Å². The number of rotatable bonds is 5. The van der Waals surface area contributed by atoms with Gasteiger partial charge in [-0.3, -0.25) is 0 Å². The topological polar surface area (TPSA) is 27.1 Å². The van der Waals surface area contributed by atoms with Crippen molar-refractivity contribution in [1.82, 2.24) is 9.55 Å². The van der Waals surface area contributed by atoms with Crippen LogP contribution in [0.3, 0.4) is 0 Å². The zero-order chi connectivity index (χ0) is 14.0. The monoisotopic (exact) mass is 300 g/mol. The largest absolute Gasteiger partial charge is 0.377 e. The minimum atomic E-state index is -0.148. The number of imidazole rings is 1. The number of ether oxygens (including phenoxy) is 1. The Labute approximate surface area is 123 Å². The summed E-state index contributed by atoms with van der Waals surface area (Å²) in [7, 11) is 0. The van der Waals surface area contributed by atoms with Gasteiger partial charge in [0.1, 0.15) is 5.82 Å². The van der Waals surface area contributed by atoms with Crippen LogP contribution in [0, 0.1) is 0 Å². The number of halogens is 2. The number of aromatic nitrogens is 2. The molecular weight excluding hydrogens is 283 g/mol. The summed E-state index contributed by atoms with van der Waals surface area (Å²) in [5.74, 6) is 0.853. The van der Waals surface area contributed by atoms with Crippen LogP contribution < -0.4 is 0 Å². The van der Waals surface area contributed by atoms with Crippen LogP contribution in [0.5, 0.6) is 0 Å². The second-order valence-corrected chi connectivity index (χ2v) is 5.88. The molecule has 0 spiro atoms. The van der Waals surface area contributed by atoms with Crippen LogP contribution in [-0.4, -0.2) is 22.3 Å². The normalized spacial score (nSPS) is 13.4. The summed E-state index contributed by atoms with van der Waals surface area (Å²) in [5, 5.41) is 0.553. The third-order valence-electron chi connectivity index (χ3n) is 2.86. The Balaban J connectivity index is 2.36. The molecule has 0 aliphatic rings. The molecule has 1 heterocycles. The highest BCUT2D eigenvalue weighted by atomic mass is 35.5. The molecule has 0 radical (unpaired) electrons. The molecule has 1 unspecified atom stereocenters. The fourth-order valence-corrected chi connectivity index (χ4v) is 2.37. The van der Waals surface area contributed by atoms with Crippen LogP contribution in [0.15, 0.2) is 18.2 Å². The van der Waals surface area contributed by atoms with Crippen LogP contribution in [0.4, 0.5) is 0 Å². The molecule has 1 aromatic heterocycles. The standard InChI is InChI=1S/C14H18Cl2N2O/c1-9(2)19-7-6-18-13-8-11(16)4-5-12(13)17-14(18)10(3)15/h4-5,8-10H,6-7H2,1-3H3. The number of benzene rings is 1. The minimum Gasteiger partial charge on any atom is -0.377 e. The fourth-order valence-electron chi connectivity index (χ4n) is 2.03. The van der Waals surface area contributed by atoms with E-state index in [-0.39, 0.29) is 11.5 Å². The van der Waals surface area contributed by atoms with E-state index in [0.29, 0.717) is 11.6 Å². The van der Waals surface area contributed by atoms with Crippen LogP contribution in [0.1, 0.15) is 32.0 Å². The zero-order valence-electron chi connectivity index (χ0n) is 11.4. The van der Waals surface area contributed by atoms with Gasteiger partial charge in [-0.2, -0.15) is 0 Å². The van der Waals surface area contributed by atoms with Crippen molar-refractivity contribution in [1.29, 1.82) is 0 Å². The van der Waals surface area contributed by atoms with E-state index in [1.165, 1.54) is 0 Å². The van der Waals surface area contributed by atoms with E-state index >= 15 is 0 Å². The first-order valence-corrected chi connectivity index (χ1v) is 7.22. The Hall–Kier alpha value is -0.770. The van der Waals surface area contributed by atoms with Gasteiger partial charge in [-0.15, -0.1) is 11.6 Å². The third kappa shape index (κ3) is 3.41. The van der Waals surface area contributed by atoms with Crippen molar-refractivity contribution in [2.75, 3.05) is 6.61 Å². The highest BCUT2D eigenvalue weighted by Gasteiger charge is 2.15. The summed E-state index contributed by atoms with van der Waals surface area (Å²) in [6, 6.07) is 5.68. The van der Waals surface area contributed by atoms with Gasteiger partial charge in [-0.05, 0) is 39.0 Å². The Kier molecular flexibility index (Phi) is 4.71. The quantitative estimate of drug-likeness (QED) is 0.765. The van der Waals surface area contributed by atoms with Crippen molar-refractivity contribution < 1.29 is 4.74 Å². The first-order valence-electron chi connectivity index (χ1n) is 6.40. The zero-order valence-corrected chi connectivity index (χ0v) is 12.9. The smallest absolute Gasteiger partial charge is 0.127 e. The summed E-state index contributed by atoms with van der Waals surface area (Å²) >= 11 is 12.3. The number of nitrogens with zero attached hydrogens (tertiary/aromatic N) is 2. The van der Waals surface area contributed by atoms with Crippen LogP contribution >= 0.6 is 23.2 Å². The molecule has 104 valence electrons. The average molecular weight is 301 g/mol. The lowest BCUT2D eigenvalue weighted by atomic mass is 10.3. The molecule has 2 aromatic rings. The molecule has 5 heteroatoms. The van der Waals surface area contributed by atoms with E-state index in [0.717, 1.165) is 23.4 Å². The summed E-state index contributed by atoms with van der Waals surface area (Å²) in [6.45, 7) is 7.32. The highest BCUT2D eigenvalue weighted by molar-refractivity contribution is 6.31. The van der Waals surface area contributed by atoms with Crippen molar-refractivity contribution in [2.45, 2.75) is 38.8 Å². The maximum atomic E-state index is 6.20. The van der Waals surface area contributed by atoms with E-state index in [9.17, 15) is 0 Å². The molecule has 2 rings (SSSR count). The molecule has 0 fully saturated rings. The van der Waals surface area contributed by atoms with Crippen molar-refractivity contribution in [3.05, 3.63) is 29.0 Å². The first kappa shape index (κ1) is 14.6. The lowest BCUT2D eigenvalue weighted by Gasteiger charge is -2.12. The van der Waals surface area contributed by atoms with E-state index in [4.69, 9.17) is 27.9 Å². The number of alkyl halides is 1. The van der Waals surface area contributed by atoms with Gasteiger partial charge >= 0.3 is 0 Å². The SMILES string of the molecule is CC(C)OCCn1c(C(C)Cl)nc2ccc(Cl)cc21. The molecule has 0 saturated carbocycles. The minimum absolute atomic E-state index is 0.148. The predicted molar refractivity (Wildman–Crippen MR) is 80.1 cm³/mol.